The van der Waals surface area contributed by atoms with Crippen LogP contribution in [0, 0.1) is 11.3 Å². The molecule has 0 fully saturated rings. The molecule has 2 rings (SSSR count). The molecule has 5 heteroatoms. The molecule has 5 nitrogen and oxygen atoms in total. The normalized spacial score (nSPS) is 11.1. The van der Waals surface area contributed by atoms with Crippen LogP contribution < -0.4 is 4.74 Å². The second-order valence-corrected chi connectivity index (χ2v) is 4.63. The number of hydrogen-bond donors (Lipinski definition) is 0. The Bertz CT molecular complexity index is 734. The topological polar surface area (TPSA) is 76.4 Å². The highest BCUT2D eigenvalue weighted by Gasteiger charge is 2.28. The minimum Gasteiger partial charge on any atom is -0.460 e. The summed E-state index contributed by atoms with van der Waals surface area (Å²) in [6.07, 6.45) is 0. The number of Topliss-reactive ketones (excluding diaryl/α,β-unsaturated/α-hetero) is 1. The molecule has 1 atom stereocenters. The van der Waals surface area contributed by atoms with Gasteiger partial charge >= 0.3 is 5.97 Å². The van der Waals surface area contributed by atoms with Crippen molar-refractivity contribution in [2.24, 2.45) is 0 Å². The van der Waals surface area contributed by atoms with Crippen molar-refractivity contribution in [3.05, 3.63) is 60.2 Å². The fourth-order valence-electron chi connectivity index (χ4n) is 1.99. The summed E-state index contributed by atoms with van der Waals surface area (Å²) in [6.45, 7) is 1.68. The molecule has 1 unspecified atom stereocenters. The summed E-state index contributed by atoms with van der Waals surface area (Å²) in [4.78, 5) is 23.5. The first kappa shape index (κ1) is 16.2. The van der Waals surface area contributed by atoms with Crippen LogP contribution in [0.5, 0.6) is 11.5 Å². The molecule has 0 amide bonds. The Morgan fingerprint density at radius 1 is 1.09 bits per heavy atom. The van der Waals surface area contributed by atoms with E-state index in [1.54, 1.807) is 43.3 Å². The van der Waals surface area contributed by atoms with E-state index in [0.29, 0.717) is 17.1 Å². The number of nitrogens with zero attached hydrogens (tertiary/aromatic N) is 1. The first-order chi connectivity index (χ1) is 11.2. The Kier molecular flexibility index (Phi) is 5.48. The van der Waals surface area contributed by atoms with E-state index in [1.807, 2.05) is 24.3 Å². The Morgan fingerprint density at radius 3 is 2.43 bits per heavy atom. The van der Waals surface area contributed by atoms with Gasteiger partial charge in [0.2, 0.25) is 0 Å². The molecule has 0 heterocycles. The van der Waals surface area contributed by atoms with Crippen LogP contribution in [0.3, 0.4) is 0 Å². The van der Waals surface area contributed by atoms with E-state index in [0.717, 1.165) is 0 Å². The van der Waals surface area contributed by atoms with E-state index in [4.69, 9.17) is 4.74 Å². The minimum absolute atomic E-state index is 0.0832. The van der Waals surface area contributed by atoms with Gasteiger partial charge in [0.15, 0.2) is 0 Å². The summed E-state index contributed by atoms with van der Waals surface area (Å²) < 4.78 is 10.3. The maximum Gasteiger partial charge on any atom is 0.376 e. The second kappa shape index (κ2) is 7.76. The number of hydrogen-bond acceptors (Lipinski definition) is 5. The summed E-state index contributed by atoms with van der Waals surface area (Å²) in [5.41, 5.74) is 0.388. The Balaban J connectivity index is 2.22. The molecule has 0 aromatic heterocycles. The maximum absolute atomic E-state index is 12.0. The molecule has 23 heavy (non-hydrogen) atoms. The zero-order valence-electron chi connectivity index (χ0n) is 12.6. The zero-order valence-corrected chi connectivity index (χ0v) is 12.6. The van der Waals surface area contributed by atoms with Crippen LogP contribution in [0.15, 0.2) is 54.6 Å². The molecular weight excluding hydrogens is 294 g/mol. The van der Waals surface area contributed by atoms with E-state index >= 15 is 0 Å². The largest absolute Gasteiger partial charge is 0.460 e. The Labute approximate surface area is 134 Å². The number of benzene rings is 2. The van der Waals surface area contributed by atoms with Crippen LogP contribution >= 0.6 is 0 Å². The van der Waals surface area contributed by atoms with Crippen LogP contribution in [0.1, 0.15) is 18.4 Å². The maximum atomic E-state index is 12.0. The number of para-hydroxylation sites is 1. The third-order valence-corrected chi connectivity index (χ3v) is 3.04. The minimum atomic E-state index is -1.21. The summed E-state index contributed by atoms with van der Waals surface area (Å²) >= 11 is 0. The monoisotopic (exact) mass is 309 g/mol. The van der Waals surface area contributed by atoms with E-state index < -0.39 is 17.7 Å². The third-order valence-electron chi connectivity index (χ3n) is 3.04. The van der Waals surface area contributed by atoms with Gasteiger partial charge in [0, 0.05) is 0 Å². The van der Waals surface area contributed by atoms with Gasteiger partial charge in [-0.3, -0.25) is 4.79 Å². The standard InChI is InChI=1S/C18H15NO4/c1-2-22-18(21)17(20)16(12-19)13-7-6-10-15(11-13)23-14-8-4-3-5-9-14/h3-11,16H,2H2,1H3. The van der Waals surface area contributed by atoms with E-state index in [9.17, 15) is 14.9 Å². The van der Waals surface area contributed by atoms with E-state index in [-0.39, 0.29) is 6.61 Å². The molecular formula is C18H15NO4. The van der Waals surface area contributed by atoms with Crippen molar-refractivity contribution in [1.29, 1.82) is 5.26 Å². The number of carbonyl (C=O) groups excluding carboxylic acids is 2. The van der Waals surface area contributed by atoms with Crippen molar-refractivity contribution >= 4 is 11.8 Å². The molecule has 0 aliphatic rings. The Hall–Kier alpha value is -3.13. The van der Waals surface area contributed by atoms with Crippen molar-refractivity contribution in [1.82, 2.24) is 0 Å². The molecule has 0 spiro atoms. The SMILES string of the molecule is CCOC(=O)C(=O)C(C#N)c1cccc(Oc2ccccc2)c1. The van der Waals surface area contributed by atoms with Crippen molar-refractivity contribution in [2.75, 3.05) is 6.61 Å². The zero-order chi connectivity index (χ0) is 16.7. The van der Waals surface area contributed by atoms with Gasteiger partial charge in [-0.25, -0.2) is 4.79 Å². The molecule has 2 aromatic carbocycles. The average Bonchev–Trinajstić information content (AvgIpc) is 2.57. The number of carbonyl (C=O) groups is 2. The van der Waals surface area contributed by atoms with E-state index in [2.05, 4.69) is 4.74 Å². The van der Waals surface area contributed by atoms with Gasteiger partial charge in [0.05, 0.1) is 12.7 Å². The molecule has 0 bridgehead atoms. The van der Waals surface area contributed by atoms with Gasteiger partial charge in [-0.15, -0.1) is 0 Å². The van der Waals surface area contributed by atoms with Gasteiger partial charge in [-0.1, -0.05) is 30.3 Å². The average molecular weight is 309 g/mol. The summed E-state index contributed by atoms with van der Waals surface area (Å²) in [5, 5.41) is 9.23. The lowest BCUT2D eigenvalue weighted by atomic mass is 9.96. The number of nitriles is 1. The predicted molar refractivity (Wildman–Crippen MR) is 83.0 cm³/mol. The lowest BCUT2D eigenvalue weighted by Gasteiger charge is -2.10. The van der Waals surface area contributed by atoms with Crippen LogP contribution in [-0.4, -0.2) is 18.4 Å². The van der Waals surface area contributed by atoms with Crippen LogP contribution in [0.4, 0.5) is 0 Å². The first-order valence-corrected chi connectivity index (χ1v) is 7.09. The van der Waals surface area contributed by atoms with E-state index in [1.165, 1.54) is 0 Å². The highest BCUT2D eigenvalue weighted by atomic mass is 16.5. The lowest BCUT2D eigenvalue weighted by Crippen LogP contribution is -2.23. The van der Waals surface area contributed by atoms with Crippen LogP contribution in [-0.2, 0) is 14.3 Å². The number of esters is 1. The van der Waals surface area contributed by atoms with Gasteiger partial charge in [-0.05, 0) is 36.8 Å². The summed E-state index contributed by atoms with van der Waals surface area (Å²) in [5.74, 6) is -1.99. The third kappa shape index (κ3) is 4.17. The molecule has 116 valence electrons. The second-order valence-electron chi connectivity index (χ2n) is 4.63. The molecule has 0 aliphatic carbocycles. The molecule has 0 radical (unpaired) electrons. The first-order valence-electron chi connectivity index (χ1n) is 7.09. The van der Waals surface area contributed by atoms with Gasteiger partial charge < -0.3 is 9.47 Å². The van der Waals surface area contributed by atoms with Crippen molar-refractivity contribution in [3.63, 3.8) is 0 Å². The molecule has 0 aliphatic heterocycles. The predicted octanol–water partition coefficient (Wildman–Crippen LogP) is 3.22. The van der Waals surface area contributed by atoms with Gasteiger partial charge in [0.25, 0.3) is 5.78 Å². The number of rotatable bonds is 6. The fraction of sp³-hybridized carbons (Fsp3) is 0.167. The van der Waals surface area contributed by atoms with Gasteiger partial charge in [0.1, 0.15) is 17.4 Å². The summed E-state index contributed by atoms with van der Waals surface area (Å²) in [6, 6.07) is 17.5. The van der Waals surface area contributed by atoms with Crippen LogP contribution in [0.25, 0.3) is 0 Å². The summed E-state index contributed by atoms with van der Waals surface area (Å²) in [7, 11) is 0. The molecule has 0 saturated carbocycles. The number of ether oxygens (including phenoxy) is 2. The Morgan fingerprint density at radius 2 is 1.78 bits per heavy atom. The van der Waals surface area contributed by atoms with Gasteiger partial charge in [-0.2, -0.15) is 5.26 Å². The smallest absolute Gasteiger partial charge is 0.376 e. The fourth-order valence-corrected chi connectivity index (χ4v) is 1.99. The molecule has 0 N–H and O–H groups in total. The lowest BCUT2D eigenvalue weighted by molar-refractivity contribution is -0.153. The van der Waals surface area contributed by atoms with Crippen molar-refractivity contribution in [3.8, 4) is 17.6 Å². The van der Waals surface area contributed by atoms with Crippen molar-refractivity contribution < 1.29 is 19.1 Å². The highest BCUT2D eigenvalue weighted by Crippen LogP contribution is 2.25. The quantitative estimate of drug-likeness (QED) is 0.605. The number of ketones is 1. The van der Waals surface area contributed by atoms with Crippen LogP contribution in [0.2, 0.25) is 0 Å². The highest BCUT2D eigenvalue weighted by molar-refractivity contribution is 6.36. The molecule has 0 saturated heterocycles. The molecule has 2 aromatic rings. The van der Waals surface area contributed by atoms with Crippen molar-refractivity contribution in [2.45, 2.75) is 12.8 Å².